The molecule has 0 saturated carbocycles. The van der Waals surface area contributed by atoms with E-state index in [0.29, 0.717) is 0 Å². The molecule has 1 aromatic heterocycles. The lowest BCUT2D eigenvalue weighted by Gasteiger charge is -2.24. The van der Waals surface area contributed by atoms with Gasteiger partial charge in [0, 0.05) is 25.6 Å². The maximum absolute atomic E-state index is 2.49. The van der Waals surface area contributed by atoms with E-state index in [9.17, 15) is 0 Å². The van der Waals surface area contributed by atoms with Gasteiger partial charge in [-0.15, -0.1) is 11.3 Å². The van der Waals surface area contributed by atoms with Crippen LogP contribution in [0.4, 0.5) is 0 Å². The number of fused-ring (bicyclic) bond motifs is 12. The van der Waals surface area contributed by atoms with Gasteiger partial charge in [0.2, 0.25) is 0 Å². The van der Waals surface area contributed by atoms with Crippen LogP contribution in [0.2, 0.25) is 0 Å². The summed E-state index contributed by atoms with van der Waals surface area (Å²) < 4.78 is 2.72. The zero-order valence-corrected chi connectivity index (χ0v) is 28.7. The van der Waals surface area contributed by atoms with Crippen LogP contribution >= 0.6 is 11.3 Å². The third kappa shape index (κ3) is 3.76. The average molecular weight is 653 g/mol. The van der Waals surface area contributed by atoms with Crippen LogP contribution in [0, 0.1) is 0 Å². The maximum atomic E-state index is 2.49. The van der Waals surface area contributed by atoms with Crippen molar-refractivity contribution >= 4 is 74.6 Å². The highest BCUT2D eigenvalue weighted by Crippen LogP contribution is 2.55. The highest BCUT2D eigenvalue weighted by atomic mass is 32.1. The van der Waals surface area contributed by atoms with Gasteiger partial charge in [-0.05, 0) is 112 Å². The molecule has 11 rings (SSSR count). The molecule has 1 aliphatic carbocycles. The summed E-state index contributed by atoms with van der Waals surface area (Å²) in [5.74, 6) is 0. The Hall–Kier alpha value is -5.76. The zero-order valence-electron chi connectivity index (χ0n) is 27.9. The van der Waals surface area contributed by atoms with Gasteiger partial charge in [-0.3, -0.25) is 0 Å². The number of benzene rings is 9. The fourth-order valence-electron chi connectivity index (χ4n) is 9.20. The second kappa shape index (κ2) is 10.1. The molecular weight excluding hydrogens is 621 g/mol. The molecule has 0 spiro atoms. The van der Waals surface area contributed by atoms with Gasteiger partial charge in [0.15, 0.2) is 0 Å². The Morgan fingerprint density at radius 3 is 1.68 bits per heavy atom. The first-order valence-corrected chi connectivity index (χ1v) is 18.3. The monoisotopic (exact) mass is 652 g/mol. The van der Waals surface area contributed by atoms with Crippen molar-refractivity contribution in [3.05, 3.63) is 169 Å². The second-order valence-electron chi connectivity index (χ2n) is 14.4. The lowest BCUT2D eigenvalue weighted by Crippen LogP contribution is -2.15. The van der Waals surface area contributed by atoms with Crippen LogP contribution in [0.5, 0.6) is 0 Å². The van der Waals surface area contributed by atoms with Crippen LogP contribution in [0.15, 0.2) is 158 Å². The van der Waals surface area contributed by atoms with Gasteiger partial charge >= 0.3 is 0 Å². The fraction of sp³-hybridized carbons (Fsp3) is 0.0612. The van der Waals surface area contributed by atoms with Gasteiger partial charge in [0.05, 0.1) is 0 Å². The molecule has 0 fully saturated rings. The summed E-state index contributed by atoms with van der Waals surface area (Å²) in [6.07, 6.45) is 0. The van der Waals surface area contributed by atoms with E-state index in [1.165, 1.54) is 108 Å². The quantitative estimate of drug-likeness (QED) is 0.163. The molecule has 0 saturated heterocycles. The summed E-state index contributed by atoms with van der Waals surface area (Å²) in [4.78, 5) is 0. The Kier molecular flexibility index (Phi) is 5.70. The molecule has 1 aliphatic rings. The molecule has 9 aromatic carbocycles. The first-order valence-electron chi connectivity index (χ1n) is 17.5. The van der Waals surface area contributed by atoms with Crippen LogP contribution in [-0.2, 0) is 5.41 Å². The number of hydrogen-bond donors (Lipinski definition) is 0. The standard InChI is InChI=1S/C49H32S/c1-49(2)41-25-22-33(28-40(41)38-24-21-30-23-26-43-47(46(30)48(38)49)39-17-9-10-18-42(39)50-43)45-36-15-7-5-13-34(36)44(35-14-6-8-16-37(35)45)32-20-19-29-11-3-4-12-31(29)27-32/h3-28H,1-2H3. The molecule has 50 heavy (non-hydrogen) atoms. The van der Waals surface area contributed by atoms with Gasteiger partial charge < -0.3 is 0 Å². The third-order valence-electron chi connectivity index (χ3n) is 11.4. The van der Waals surface area contributed by atoms with Crippen molar-refractivity contribution in [3.63, 3.8) is 0 Å². The predicted octanol–water partition coefficient (Wildman–Crippen LogP) is 14.3. The summed E-state index contributed by atoms with van der Waals surface area (Å²) in [5, 5.41) is 13.2. The molecule has 0 atom stereocenters. The molecule has 1 heterocycles. The average Bonchev–Trinajstić information content (AvgIpc) is 3.65. The van der Waals surface area contributed by atoms with E-state index in [-0.39, 0.29) is 5.41 Å². The molecule has 10 aromatic rings. The fourth-order valence-corrected chi connectivity index (χ4v) is 10.3. The second-order valence-corrected chi connectivity index (χ2v) is 15.5. The molecule has 0 unspecified atom stereocenters. The van der Waals surface area contributed by atoms with Crippen molar-refractivity contribution in [2.45, 2.75) is 19.3 Å². The highest BCUT2D eigenvalue weighted by Gasteiger charge is 2.38. The Morgan fingerprint density at radius 2 is 0.960 bits per heavy atom. The van der Waals surface area contributed by atoms with Crippen molar-refractivity contribution in [3.8, 4) is 33.4 Å². The summed E-state index contributed by atoms with van der Waals surface area (Å²) >= 11 is 1.91. The Labute approximate surface area is 294 Å². The predicted molar refractivity (Wildman–Crippen MR) is 218 cm³/mol. The van der Waals surface area contributed by atoms with Crippen molar-refractivity contribution < 1.29 is 0 Å². The van der Waals surface area contributed by atoms with Gasteiger partial charge in [-0.25, -0.2) is 0 Å². The van der Waals surface area contributed by atoms with E-state index in [4.69, 9.17) is 0 Å². The molecule has 0 bridgehead atoms. The molecule has 0 aliphatic heterocycles. The van der Waals surface area contributed by atoms with E-state index in [0.717, 1.165) is 0 Å². The topological polar surface area (TPSA) is 0 Å². The first kappa shape index (κ1) is 28.1. The minimum atomic E-state index is -0.135. The SMILES string of the molecule is CC1(C)c2ccc(-c3c4ccccc4c(-c4ccc5ccccc5c4)c4ccccc34)cc2-c2ccc3ccc4sc5ccccc5c4c3c21. The molecule has 0 N–H and O–H groups in total. The van der Waals surface area contributed by atoms with Crippen LogP contribution in [0.1, 0.15) is 25.0 Å². The summed E-state index contributed by atoms with van der Waals surface area (Å²) in [6.45, 7) is 4.85. The lowest BCUT2D eigenvalue weighted by atomic mass is 9.79. The molecule has 0 radical (unpaired) electrons. The summed E-state index contributed by atoms with van der Waals surface area (Å²) in [7, 11) is 0. The number of hydrogen-bond acceptors (Lipinski definition) is 1. The summed E-state index contributed by atoms with van der Waals surface area (Å²) in [6, 6.07) is 59.2. The molecule has 0 nitrogen and oxygen atoms in total. The van der Waals surface area contributed by atoms with Crippen LogP contribution in [-0.4, -0.2) is 0 Å². The van der Waals surface area contributed by atoms with Gasteiger partial charge in [-0.2, -0.15) is 0 Å². The number of thiophene rings is 1. The van der Waals surface area contributed by atoms with Gasteiger partial charge in [0.1, 0.15) is 0 Å². The number of rotatable bonds is 2. The van der Waals surface area contributed by atoms with E-state index in [1.807, 2.05) is 11.3 Å². The summed E-state index contributed by atoms with van der Waals surface area (Å²) in [5.41, 5.74) is 10.6. The normalized spacial score (nSPS) is 13.6. The smallest absolute Gasteiger partial charge is 0.0361 e. The van der Waals surface area contributed by atoms with Crippen LogP contribution < -0.4 is 0 Å². The van der Waals surface area contributed by atoms with Crippen molar-refractivity contribution in [1.29, 1.82) is 0 Å². The van der Waals surface area contributed by atoms with E-state index >= 15 is 0 Å². The zero-order chi connectivity index (χ0) is 33.1. The maximum Gasteiger partial charge on any atom is 0.0361 e. The highest BCUT2D eigenvalue weighted by molar-refractivity contribution is 7.26. The Balaban J connectivity index is 1.19. The first-order chi connectivity index (χ1) is 24.6. The van der Waals surface area contributed by atoms with Crippen LogP contribution in [0.3, 0.4) is 0 Å². The van der Waals surface area contributed by atoms with Gasteiger partial charge in [-0.1, -0.05) is 147 Å². The Morgan fingerprint density at radius 1 is 0.400 bits per heavy atom. The van der Waals surface area contributed by atoms with Crippen LogP contribution in [0.25, 0.3) is 96.6 Å². The minimum Gasteiger partial charge on any atom is -0.135 e. The van der Waals surface area contributed by atoms with Crippen molar-refractivity contribution in [2.75, 3.05) is 0 Å². The molecule has 234 valence electrons. The lowest BCUT2D eigenvalue weighted by molar-refractivity contribution is 0.667. The minimum absolute atomic E-state index is 0.135. The third-order valence-corrected chi connectivity index (χ3v) is 12.5. The largest absolute Gasteiger partial charge is 0.135 e. The molecular formula is C49H32S. The van der Waals surface area contributed by atoms with E-state index in [1.54, 1.807) is 0 Å². The molecule has 1 heteroatoms. The van der Waals surface area contributed by atoms with Gasteiger partial charge in [0.25, 0.3) is 0 Å². The van der Waals surface area contributed by atoms with E-state index < -0.39 is 0 Å². The van der Waals surface area contributed by atoms with Crippen molar-refractivity contribution in [1.82, 2.24) is 0 Å². The van der Waals surface area contributed by atoms with E-state index in [2.05, 4.69) is 172 Å². The Bertz CT molecular complexity index is 3010. The van der Waals surface area contributed by atoms with Crippen molar-refractivity contribution in [2.24, 2.45) is 0 Å². The molecule has 0 amide bonds.